The van der Waals surface area contributed by atoms with Crippen LogP contribution in [0.15, 0.2) is 126 Å². The largest absolute Gasteiger partial charge is 0.454 e. The molecule has 0 bridgehead atoms. The molecule has 0 amide bonds. The van der Waals surface area contributed by atoms with Crippen LogP contribution in [0.1, 0.15) is 16.7 Å². The summed E-state index contributed by atoms with van der Waals surface area (Å²) in [6.45, 7) is 4.26. The van der Waals surface area contributed by atoms with E-state index in [1.807, 2.05) is 37.5 Å². The number of aryl methyl sites for hydroxylation is 3. The number of nitriles is 1. The molecule has 3 nitrogen and oxygen atoms in total. The predicted octanol–water partition coefficient (Wildman–Crippen LogP) is 9.57. The highest BCUT2D eigenvalue weighted by Crippen LogP contribution is 2.42. The number of hydrogen-bond donors (Lipinski definition) is 0. The van der Waals surface area contributed by atoms with Gasteiger partial charge in [0.25, 0.3) is 0 Å². The highest BCUT2D eigenvalue weighted by molar-refractivity contribution is 6.14. The third kappa shape index (κ3) is 4.17. The molecule has 200 valence electrons. The Hall–Kier alpha value is -5.46. The molecular formula is C39H29N2O+. The molecule has 0 aliphatic carbocycles. The van der Waals surface area contributed by atoms with E-state index in [-0.39, 0.29) is 0 Å². The number of pyridine rings is 1. The number of rotatable bonds is 4. The minimum atomic E-state index is 0.598. The van der Waals surface area contributed by atoms with Crippen LogP contribution in [-0.4, -0.2) is 0 Å². The molecule has 0 unspecified atom stereocenters. The Bertz CT molecular complexity index is 2160. The molecule has 3 heteroatoms. The maximum Gasteiger partial charge on any atom is 0.216 e. The molecule has 0 saturated carbocycles. The zero-order valence-corrected chi connectivity index (χ0v) is 23.8. The van der Waals surface area contributed by atoms with E-state index >= 15 is 0 Å². The van der Waals surface area contributed by atoms with Gasteiger partial charge in [0.2, 0.25) is 5.69 Å². The van der Waals surface area contributed by atoms with Crippen LogP contribution in [0.4, 0.5) is 0 Å². The summed E-state index contributed by atoms with van der Waals surface area (Å²) in [4.78, 5) is 0. The van der Waals surface area contributed by atoms with Crippen molar-refractivity contribution in [2.75, 3.05) is 0 Å². The lowest BCUT2D eigenvalue weighted by atomic mass is 9.94. The Kier molecular flexibility index (Phi) is 6.18. The number of nitrogens with zero attached hydrogens (tertiary/aromatic N) is 2. The molecule has 0 spiro atoms. The average molecular weight is 542 g/mol. The van der Waals surface area contributed by atoms with Gasteiger partial charge < -0.3 is 4.42 Å². The van der Waals surface area contributed by atoms with Gasteiger partial charge in [-0.05, 0) is 71.0 Å². The standard InChI is InChI=1S/C39H29N2O/c1-25-8-4-5-9-32(25)29-16-12-27(13-17-29)28-14-18-30(19-15-28)37-31(24-40)20-22-34-33-21-11-26(2)36(38(33)42-39(34)37)35-10-6-7-23-41(35)3/h4-23H,1-3H3/q+1. The molecule has 5 aromatic carbocycles. The maximum atomic E-state index is 10.1. The normalized spacial score (nSPS) is 11.2. The molecule has 42 heavy (non-hydrogen) atoms. The van der Waals surface area contributed by atoms with Crippen LogP contribution in [0.3, 0.4) is 0 Å². The minimum Gasteiger partial charge on any atom is -0.454 e. The summed E-state index contributed by atoms with van der Waals surface area (Å²) >= 11 is 0. The Morgan fingerprint density at radius 2 is 1.17 bits per heavy atom. The second-order valence-corrected chi connectivity index (χ2v) is 10.9. The van der Waals surface area contributed by atoms with E-state index in [1.54, 1.807) is 0 Å². The second-order valence-electron chi connectivity index (χ2n) is 10.9. The second kappa shape index (κ2) is 10.2. The van der Waals surface area contributed by atoms with Crippen molar-refractivity contribution in [3.05, 3.63) is 138 Å². The Balaban J connectivity index is 1.33. The van der Waals surface area contributed by atoms with Gasteiger partial charge >= 0.3 is 0 Å². The third-order valence-electron chi connectivity index (χ3n) is 8.30. The van der Waals surface area contributed by atoms with Crippen molar-refractivity contribution in [3.63, 3.8) is 0 Å². The number of furan rings is 1. The summed E-state index contributed by atoms with van der Waals surface area (Å²) in [6.07, 6.45) is 2.05. The lowest BCUT2D eigenvalue weighted by molar-refractivity contribution is -0.660. The van der Waals surface area contributed by atoms with Crippen LogP contribution in [0.2, 0.25) is 0 Å². The number of hydrogen-bond acceptors (Lipinski definition) is 2. The maximum absolute atomic E-state index is 10.1. The van der Waals surface area contributed by atoms with Crippen molar-refractivity contribution >= 4 is 21.9 Å². The van der Waals surface area contributed by atoms with Gasteiger partial charge in [-0.15, -0.1) is 0 Å². The zero-order valence-electron chi connectivity index (χ0n) is 23.8. The molecule has 0 radical (unpaired) electrons. The first-order valence-electron chi connectivity index (χ1n) is 14.1. The zero-order chi connectivity index (χ0) is 28.8. The van der Waals surface area contributed by atoms with E-state index in [2.05, 4.69) is 115 Å². The number of fused-ring (bicyclic) bond motifs is 3. The van der Waals surface area contributed by atoms with E-state index in [4.69, 9.17) is 4.42 Å². The lowest BCUT2D eigenvalue weighted by Gasteiger charge is -2.09. The Labute approximate surface area is 245 Å². The summed E-state index contributed by atoms with van der Waals surface area (Å²) in [5, 5.41) is 12.2. The minimum absolute atomic E-state index is 0.598. The molecule has 7 rings (SSSR count). The van der Waals surface area contributed by atoms with Crippen molar-refractivity contribution in [3.8, 4) is 50.7 Å². The van der Waals surface area contributed by atoms with Crippen molar-refractivity contribution in [2.45, 2.75) is 13.8 Å². The summed E-state index contributed by atoms with van der Waals surface area (Å²) in [6, 6.07) is 42.4. The predicted molar refractivity (Wildman–Crippen MR) is 171 cm³/mol. The molecule has 0 N–H and O–H groups in total. The quantitative estimate of drug-likeness (QED) is 0.208. The first-order valence-corrected chi connectivity index (χ1v) is 14.1. The number of aromatic nitrogens is 1. The topological polar surface area (TPSA) is 40.8 Å². The average Bonchev–Trinajstić information content (AvgIpc) is 3.40. The molecule has 0 aliphatic heterocycles. The molecule has 0 aliphatic rings. The van der Waals surface area contributed by atoms with Crippen molar-refractivity contribution in [1.82, 2.24) is 0 Å². The molecule has 7 aromatic rings. The van der Waals surface area contributed by atoms with Crippen molar-refractivity contribution < 1.29 is 8.98 Å². The van der Waals surface area contributed by atoms with Crippen molar-refractivity contribution in [2.24, 2.45) is 7.05 Å². The van der Waals surface area contributed by atoms with Gasteiger partial charge in [-0.2, -0.15) is 5.26 Å². The van der Waals surface area contributed by atoms with E-state index in [9.17, 15) is 5.26 Å². The molecular weight excluding hydrogens is 512 g/mol. The highest BCUT2D eigenvalue weighted by atomic mass is 16.3. The monoisotopic (exact) mass is 541 g/mol. The van der Waals surface area contributed by atoms with Gasteiger partial charge in [0.15, 0.2) is 6.20 Å². The molecule has 0 saturated heterocycles. The Morgan fingerprint density at radius 3 is 1.83 bits per heavy atom. The third-order valence-corrected chi connectivity index (χ3v) is 8.30. The summed E-state index contributed by atoms with van der Waals surface area (Å²) < 4.78 is 8.83. The molecule has 0 atom stereocenters. The van der Waals surface area contributed by atoms with Crippen molar-refractivity contribution in [1.29, 1.82) is 5.26 Å². The Morgan fingerprint density at radius 1 is 0.571 bits per heavy atom. The number of benzene rings is 5. The van der Waals surface area contributed by atoms with E-state index in [0.29, 0.717) is 5.56 Å². The molecule has 0 fully saturated rings. The summed E-state index contributed by atoms with van der Waals surface area (Å²) in [7, 11) is 2.05. The fraction of sp³-hybridized carbons (Fsp3) is 0.0769. The van der Waals surface area contributed by atoms with Crippen LogP contribution >= 0.6 is 0 Å². The van der Waals surface area contributed by atoms with Crippen LogP contribution < -0.4 is 4.57 Å². The van der Waals surface area contributed by atoms with Gasteiger partial charge in [0.05, 0.1) is 17.2 Å². The van der Waals surface area contributed by atoms with Crippen LogP contribution in [0, 0.1) is 25.2 Å². The fourth-order valence-electron chi connectivity index (χ4n) is 6.05. The van der Waals surface area contributed by atoms with Crippen LogP contribution in [0.5, 0.6) is 0 Å². The summed E-state index contributed by atoms with van der Waals surface area (Å²) in [5.74, 6) is 0. The first kappa shape index (κ1) is 25.5. The van der Waals surface area contributed by atoms with Gasteiger partial charge in [0, 0.05) is 28.5 Å². The summed E-state index contributed by atoms with van der Waals surface area (Å²) in [5.41, 5.74) is 13.3. The first-order chi connectivity index (χ1) is 20.5. The van der Waals surface area contributed by atoms with Gasteiger partial charge in [0.1, 0.15) is 18.2 Å². The van der Waals surface area contributed by atoms with Crippen LogP contribution in [0.25, 0.3) is 66.6 Å². The van der Waals surface area contributed by atoms with Gasteiger partial charge in [-0.3, -0.25) is 0 Å². The fourth-order valence-corrected chi connectivity index (χ4v) is 6.05. The van der Waals surface area contributed by atoms with E-state index in [1.165, 1.54) is 16.7 Å². The highest BCUT2D eigenvalue weighted by Gasteiger charge is 2.22. The molecule has 2 heterocycles. The SMILES string of the molecule is Cc1ccccc1-c1ccc(-c2ccc(-c3c(C#N)ccc4c3oc3c(-c5cccc[n+]5C)c(C)ccc34)cc2)cc1. The smallest absolute Gasteiger partial charge is 0.216 e. The van der Waals surface area contributed by atoms with Crippen LogP contribution in [-0.2, 0) is 7.05 Å². The van der Waals surface area contributed by atoms with Gasteiger partial charge in [-0.1, -0.05) is 84.9 Å². The lowest BCUT2D eigenvalue weighted by Crippen LogP contribution is -2.30. The van der Waals surface area contributed by atoms with Gasteiger partial charge in [-0.25, -0.2) is 4.57 Å². The van der Waals surface area contributed by atoms with E-state index < -0.39 is 0 Å². The molecule has 2 aromatic heterocycles. The van der Waals surface area contributed by atoms with E-state index in [0.717, 1.165) is 61.0 Å².